The number of rotatable bonds is 7. The first-order chi connectivity index (χ1) is 13.1. The van der Waals surface area contributed by atoms with Crippen molar-refractivity contribution >= 4 is 22.9 Å². The van der Waals surface area contributed by atoms with Crippen molar-refractivity contribution in [1.82, 2.24) is 20.3 Å². The summed E-state index contributed by atoms with van der Waals surface area (Å²) < 4.78 is 19.6. The van der Waals surface area contributed by atoms with Gasteiger partial charge in [-0.3, -0.25) is 4.79 Å². The largest absolute Gasteiger partial charge is 0.452 e. The molecule has 27 heavy (non-hydrogen) atoms. The first kappa shape index (κ1) is 18.5. The summed E-state index contributed by atoms with van der Waals surface area (Å²) in [6, 6.07) is 11.0. The summed E-state index contributed by atoms with van der Waals surface area (Å²) in [5.41, 5.74) is 2.63. The SMILES string of the molecule is CCn1nnc2cc(C(=O)OCC(=O)NCCc3ccc(F)cc3)ccc21. The first-order valence-electron chi connectivity index (χ1n) is 8.58. The Hall–Kier alpha value is -3.29. The molecule has 0 unspecified atom stereocenters. The molecule has 0 saturated carbocycles. The van der Waals surface area contributed by atoms with E-state index in [1.807, 2.05) is 6.92 Å². The second-order valence-corrected chi connectivity index (χ2v) is 5.91. The maximum atomic E-state index is 12.8. The highest BCUT2D eigenvalue weighted by Crippen LogP contribution is 2.14. The summed E-state index contributed by atoms with van der Waals surface area (Å²) >= 11 is 0. The van der Waals surface area contributed by atoms with Crippen molar-refractivity contribution in [3.05, 3.63) is 59.4 Å². The number of nitrogens with zero attached hydrogens (tertiary/aromatic N) is 3. The second kappa shape index (κ2) is 8.39. The first-order valence-corrected chi connectivity index (χ1v) is 8.58. The van der Waals surface area contributed by atoms with E-state index in [4.69, 9.17) is 4.74 Å². The van der Waals surface area contributed by atoms with Gasteiger partial charge in [0.25, 0.3) is 5.91 Å². The van der Waals surface area contributed by atoms with Crippen LogP contribution in [0.4, 0.5) is 4.39 Å². The maximum absolute atomic E-state index is 12.8. The van der Waals surface area contributed by atoms with Crippen molar-refractivity contribution in [1.29, 1.82) is 0 Å². The number of hydrogen-bond acceptors (Lipinski definition) is 5. The number of aryl methyl sites for hydroxylation is 1. The Morgan fingerprint density at radius 3 is 2.70 bits per heavy atom. The molecule has 0 bridgehead atoms. The molecule has 0 fully saturated rings. The molecule has 1 aromatic heterocycles. The fraction of sp³-hybridized carbons (Fsp3) is 0.263. The van der Waals surface area contributed by atoms with E-state index in [0.29, 0.717) is 30.6 Å². The minimum atomic E-state index is -0.600. The summed E-state index contributed by atoms with van der Waals surface area (Å²) in [5, 5.41) is 10.6. The number of aromatic nitrogens is 3. The van der Waals surface area contributed by atoms with Crippen LogP contribution in [-0.2, 0) is 22.5 Å². The van der Waals surface area contributed by atoms with Crippen LogP contribution >= 0.6 is 0 Å². The van der Waals surface area contributed by atoms with Gasteiger partial charge in [0.2, 0.25) is 0 Å². The number of fused-ring (bicyclic) bond motifs is 1. The Morgan fingerprint density at radius 1 is 1.19 bits per heavy atom. The van der Waals surface area contributed by atoms with Crippen molar-refractivity contribution in [3.63, 3.8) is 0 Å². The lowest BCUT2D eigenvalue weighted by Gasteiger charge is -2.07. The number of carbonyl (C=O) groups is 2. The Morgan fingerprint density at radius 2 is 1.96 bits per heavy atom. The molecule has 3 aromatic rings. The number of carbonyl (C=O) groups excluding carboxylic acids is 2. The number of halogens is 1. The van der Waals surface area contributed by atoms with E-state index < -0.39 is 11.9 Å². The predicted octanol–water partition coefficient (Wildman–Crippen LogP) is 2.11. The summed E-state index contributed by atoms with van der Waals surface area (Å²) in [6.45, 7) is 2.62. The fourth-order valence-corrected chi connectivity index (χ4v) is 2.60. The second-order valence-electron chi connectivity index (χ2n) is 5.91. The molecule has 8 heteroatoms. The molecule has 0 radical (unpaired) electrons. The van der Waals surface area contributed by atoms with Crippen LogP contribution < -0.4 is 5.32 Å². The minimum Gasteiger partial charge on any atom is -0.452 e. The molecule has 2 aromatic carbocycles. The van der Waals surface area contributed by atoms with Crippen molar-refractivity contribution in [2.45, 2.75) is 19.9 Å². The predicted molar refractivity (Wildman–Crippen MR) is 96.6 cm³/mol. The molecule has 7 nitrogen and oxygen atoms in total. The molecule has 1 N–H and O–H groups in total. The highest BCUT2D eigenvalue weighted by atomic mass is 19.1. The van der Waals surface area contributed by atoms with Gasteiger partial charge in [-0.05, 0) is 49.2 Å². The van der Waals surface area contributed by atoms with Gasteiger partial charge >= 0.3 is 5.97 Å². The molecule has 0 aliphatic heterocycles. The van der Waals surface area contributed by atoms with Crippen LogP contribution in [0.5, 0.6) is 0 Å². The minimum absolute atomic E-state index is 0.301. The molecule has 0 aliphatic rings. The third-order valence-electron chi connectivity index (χ3n) is 4.03. The van der Waals surface area contributed by atoms with Crippen LogP contribution in [0, 0.1) is 5.82 Å². The van der Waals surface area contributed by atoms with Gasteiger partial charge in [0.05, 0.1) is 11.1 Å². The highest BCUT2D eigenvalue weighted by Gasteiger charge is 2.12. The van der Waals surface area contributed by atoms with E-state index in [1.54, 1.807) is 35.0 Å². The van der Waals surface area contributed by atoms with Gasteiger partial charge in [-0.2, -0.15) is 0 Å². The van der Waals surface area contributed by atoms with E-state index in [2.05, 4.69) is 15.6 Å². The van der Waals surface area contributed by atoms with Crippen LogP contribution in [-0.4, -0.2) is 40.0 Å². The van der Waals surface area contributed by atoms with E-state index in [0.717, 1.165) is 11.1 Å². The lowest BCUT2D eigenvalue weighted by atomic mass is 10.1. The molecular weight excluding hydrogens is 351 g/mol. The summed E-state index contributed by atoms with van der Waals surface area (Å²) in [7, 11) is 0. The number of hydrogen-bond donors (Lipinski definition) is 1. The molecule has 0 atom stereocenters. The average molecular weight is 370 g/mol. The smallest absolute Gasteiger partial charge is 0.338 e. The number of ether oxygens (including phenoxy) is 1. The van der Waals surface area contributed by atoms with Gasteiger partial charge in [0.1, 0.15) is 11.3 Å². The van der Waals surface area contributed by atoms with Crippen LogP contribution in [0.25, 0.3) is 11.0 Å². The molecule has 1 amide bonds. The fourth-order valence-electron chi connectivity index (χ4n) is 2.60. The van der Waals surface area contributed by atoms with E-state index in [1.165, 1.54) is 12.1 Å². The van der Waals surface area contributed by atoms with Gasteiger partial charge in [0.15, 0.2) is 6.61 Å². The van der Waals surface area contributed by atoms with E-state index in [9.17, 15) is 14.0 Å². The maximum Gasteiger partial charge on any atom is 0.338 e. The third-order valence-corrected chi connectivity index (χ3v) is 4.03. The molecular formula is C19H19FN4O3. The molecule has 0 aliphatic carbocycles. The van der Waals surface area contributed by atoms with Crippen LogP contribution in [0.2, 0.25) is 0 Å². The van der Waals surface area contributed by atoms with Crippen molar-refractivity contribution < 1.29 is 18.7 Å². The molecule has 0 spiro atoms. The number of esters is 1. The zero-order chi connectivity index (χ0) is 19.2. The number of benzene rings is 2. The van der Waals surface area contributed by atoms with E-state index in [-0.39, 0.29) is 12.4 Å². The van der Waals surface area contributed by atoms with Gasteiger partial charge in [0, 0.05) is 13.1 Å². The molecule has 1 heterocycles. The Balaban J connectivity index is 1.46. The number of nitrogens with one attached hydrogen (secondary N) is 1. The molecule has 3 rings (SSSR count). The van der Waals surface area contributed by atoms with Gasteiger partial charge in [-0.1, -0.05) is 17.3 Å². The Labute approximate surface area is 155 Å². The lowest BCUT2D eigenvalue weighted by molar-refractivity contribution is -0.124. The van der Waals surface area contributed by atoms with Gasteiger partial charge in [-0.25, -0.2) is 13.9 Å². The highest BCUT2D eigenvalue weighted by molar-refractivity contribution is 5.94. The number of amides is 1. The van der Waals surface area contributed by atoms with Crippen LogP contribution in [0.1, 0.15) is 22.8 Å². The molecule has 140 valence electrons. The van der Waals surface area contributed by atoms with Crippen molar-refractivity contribution in [2.75, 3.05) is 13.2 Å². The third kappa shape index (κ3) is 4.66. The normalized spacial score (nSPS) is 10.7. The van der Waals surface area contributed by atoms with Gasteiger partial charge in [-0.15, -0.1) is 5.10 Å². The summed E-state index contributed by atoms with van der Waals surface area (Å²) in [5.74, 6) is -1.30. The Kier molecular flexibility index (Phi) is 5.75. The van der Waals surface area contributed by atoms with Crippen molar-refractivity contribution in [2.24, 2.45) is 0 Å². The lowest BCUT2D eigenvalue weighted by Crippen LogP contribution is -2.30. The zero-order valence-electron chi connectivity index (χ0n) is 14.8. The van der Waals surface area contributed by atoms with Crippen molar-refractivity contribution in [3.8, 4) is 0 Å². The summed E-state index contributed by atoms with van der Waals surface area (Å²) in [6.07, 6.45) is 0.559. The zero-order valence-corrected chi connectivity index (χ0v) is 14.8. The summed E-state index contributed by atoms with van der Waals surface area (Å²) in [4.78, 5) is 23.9. The van der Waals surface area contributed by atoms with Crippen LogP contribution in [0.15, 0.2) is 42.5 Å². The van der Waals surface area contributed by atoms with Gasteiger partial charge < -0.3 is 10.1 Å². The quantitative estimate of drug-likeness (QED) is 0.644. The van der Waals surface area contributed by atoms with Crippen LogP contribution in [0.3, 0.4) is 0 Å². The standard InChI is InChI=1S/C19H19FN4O3/c1-2-24-17-8-5-14(11-16(17)22-23-24)19(26)27-12-18(25)21-10-9-13-3-6-15(20)7-4-13/h3-8,11H,2,9-10,12H2,1H3,(H,21,25). The topological polar surface area (TPSA) is 86.1 Å². The monoisotopic (exact) mass is 370 g/mol. The Bertz CT molecular complexity index is 953. The molecule has 0 saturated heterocycles. The van der Waals surface area contributed by atoms with E-state index >= 15 is 0 Å². The average Bonchev–Trinajstić information content (AvgIpc) is 3.10.